The van der Waals surface area contributed by atoms with Crippen molar-refractivity contribution in [2.24, 2.45) is 0 Å². The SMILES string of the molecule is N#Cc1ccc(CNSc2ccn[nH]2)cc1. The molecule has 0 spiro atoms. The Bertz CT molecular complexity index is 470. The van der Waals surface area contributed by atoms with Gasteiger partial charge in [0.15, 0.2) is 0 Å². The molecular formula is C11H10N4S. The van der Waals surface area contributed by atoms with Gasteiger partial charge in [-0.25, -0.2) is 0 Å². The maximum atomic E-state index is 8.65. The normalized spacial score (nSPS) is 9.94. The topological polar surface area (TPSA) is 64.5 Å². The summed E-state index contributed by atoms with van der Waals surface area (Å²) in [5, 5.41) is 16.3. The highest BCUT2D eigenvalue weighted by atomic mass is 32.2. The molecular weight excluding hydrogens is 220 g/mol. The molecule has 0 aliphatic carbocycles. The van der Waals surface area contributed by atoms with Gasteiger partial charge in [0.05, 0.1) is 11.6 Å². The minimum atomic E-state index is 0.685. The first-order valence-corrected chi connectivity index (χ1v) is 5.58. The lowest BCUT2D eigenvalue weighted by Crippen LogP contribution is -2.02. The van der Waals surface area contributed by atoms with Crippen molar-refractivity contribution in [3.8, 4) is 6.07 Å². The number of hydrogen-bond acceptors (Lipinski definition) is 4. The van der Waals surface area contributed by atoms with Crippen molar-refractivity contribution >= 4 is 11.9 Å². The molecule has 2 aromatic rings. The maximum absolute atomic E-state index is 8.65. The lowest BCUT2D eigenvalue weighted by molar-refractivity contribution is 0.952. The fourth-order valence-electron chi connectivity index (χ4n) is 1.19. The van der Waals surface area contributed by atoms with Crippen LogP contribution in [0.5, 0.6) is 0 Å². The third-order valence-corrected chi connectivity index (χ3v) is 2.75. The van der Waals surface area contributed by atoms with Gasteiger partial charge in [-0.1, -0.05) is 12.1 Å². The molecule has 0 amide bonds. The Hall–Kier alpha value is -1.77. The smallest absolute Gasteiger partial charge is 0.106 e. The molecule has 0 unspecified atom stereocenters. The molecule has 2 rings (SSSR count). The van der Waals surface area contributed by atoms with E-state index in [0.29, 0.717) is 5.56 Å². The fraction of sp³-hybridized carbons (Fsp3) is 0.0909. The number of nitriles is 1. The van der Waals surface area contributed by atoms with Gasteiger partial charge >= 0.3 is 0 Å². The van der Waals surface area contributed by atoms with Gasteiger partial charge in [0.2, 0.25) is 0 Å². The van der Waals surface area contributed by atoms with Crippen LogP contribution in [0.4, 0.5) is 0 Å². The van der Waals surface area contributed by atoms with Gasteiger partial charge in [-0.2, -0.15) is 10.4 Å². The molecule has 16 heavy (non-hydrogen) atoms. The molecule has 2 N–H and O–H groups in total. The lowest BCUT2D eigenvalue weighted by Gasteiger charge is -2.02. The first-order valence-electron chi connectivity index (χ1n) is 4.76. The molecule has 0 radical (unpaired) electrons. The van der Waals surface area contributed by atoms with E-state index in [1.54, 1.807) is 6.20 Å². The maximum Gasteiger partial charge on any atom is 0.106 e. The number of aromatic amines is 1. The van der Waals surface area contributed by atoms with Crippen molar-refractivity contribution in [1.82, 2.24) is 14.9 Å². The van der Waals surface area contributed by atoms with Crippen molar-refractivity contribution in [3.05, 3.63) is 47.7 Å². The summed E-state index contributed by atoms with van der Waals surface area (Å²) < 4.78 is 3.20. The summed E-state index contributed by atoms with van der Waals surface area (Å²) in [6.07, 6.45) is 1.71. The van der Waals surface area contributed by atoms with E-state index in [1.165, 1.54) is 11.9 Å². The van der Waals surface area contributed by atoms with Gasteiger partial charge in [0.25, 0.3) is 0 Å². The quantitative estimate of drug-likeness (QED) is 0.789. The van der Waals surface area contributed by atoms with Gasteiger partial charge in [0.1, 0.15) is 5.03 Å². The van der Waals surface area contributed by atoms with Crippen LogP contribution in [0.3, 0.4) is 0 Å². The van der Waals surface area contributed by atoms with Crippen molar-refractivity contribution in [1.29, 1.82) is 5.26 Å². The Morgan fingerprint density at radius 2 is 2.12 bits per heavy atom. The molecule has 0 fully saturated rings. The number of hydrogen-bond donors (Lipinski definition) is 2. The second kappa shape index (κ2) is 5.35. The predicted molar refractivity (Wildman–Crippen MR) is 62.4 cm³/mol. The lowest BCUT2D eigenvalue weighted by atomic mass is 10.1. The second-order valence-corrected chi connectivity index (χ2v) is 4.09. The van der Waals surface area contributed by atoms with Crippen LogP contribution in [-0.4, -0.2) is 10.2 Å². The Kier molecular flexibility index (Phi) is 3.59. The van der Waals surface area contributed by atoms with E-state index in [4.69, 9.17) is 5.26 Å². The van der Waals surface area contributed by atoms with E-state index in [2.05, 4.69) is 21.0 Å². The Morgan fingerprint density at radius 1 is 1.31 bits per heavy atom. The van der Waals surface area contributed by atoms with Gasteiger partial charge in [-0.3, -0.25) is 9.82 Å². The highest BCUT2D eigenvalue weighted by Gasteiger charge is 1.96. The van der Waals surface area contributed by atoms with E-state index in [-0.39, 0.29) is 0 Å². The third-order valence-electron chi connectivity index (χ3n) is 2.02. The number of aromatic nitrogens is 2. The standard InChI is InChI=1S/C11H10N4S/c12-7-9-1-3-10(4-2-9)8-14-16-11-5-6-13-15-11/h1-6,14H,8H2,(H,13,15). The first-order chi connectivity index (χ1) is 7.88. The molecule has 1 aromatic heterocycles. The van der Waals surface area contributed by atoms with Crippen LogP contribution in [0, 0.1) is 11.3 Å². The van der Waals surface area contributed by atoms with Crippen LogP contribution >= 0.6 is 11.9 Å². The molecule has 1 aromatic carbocycles. The fourth-order valence-corrected chi connectivity index (χ4v) is 1.82. The molecule has 80 valence electrons. The molecule has 0 bridgehead atoms. The Labute approximate surface area is 97.8 Å². The molecule has 0 saturated heterocycles. The van der Waals surface area contributed by atoms with E-state index in [0.717, 1.165) is 17.1 Å². The largest absolute Gasteiger partial charge is 0.271 e. The Morgan fingerprint density at radius 3 is 2.75 bits per heavy atom. The molecule has 5 heteroatoms. The zero-order chi connectivity index (χ0) is 11.2. The average Bonchev–Trinajstić information content (AvgIpc) is 2.83. The number of benzene rings is 1. The summed E-state index contributed by atoms with van der Waals surface area (Å²) in [6.45, 7) is 0.745. The highest BCUT2D eigenvalue weighted by molar-refractivity contribution is 7.97. The van der Waals surface area contributed by atoms with Gasteiger partial charge in [-0.05, 0) is 35.7 Å². The van der Waals surface area contributed by atoms with Crippen molar-refractivity contribution < 1.29 is 0 Å². The molecule has 0 aliphatic heterocycles. The molecule has 0 saturated carbocycles. The molecule has 0 aliphatic rings. The van der Waals surface area contributed by atoms with Crippen LogP contribution in [0.1, 0.15) is 11.1 Å². The zero-order valence-electron chi connectivity index (χ0n) is 8.47. The van der Waals surface area contributed by atoms with Crippen LogP contribution in [0.25, 0.3) is 0 Å². The second-order valence-electron chi connectivity index (χ2n) is 3.15. The van der Waals surface area contributed by atoms with Crippen LogP contribution < -0.4 is 4.72 Å². The Balaban J connectivity index is 1.83. The summed E-state index contributed by atoms with van der Waals surface area (Å²) in [4.78, 5) is 0. The minimum Gasteiger partial charge on any atom is -0.271 e. The van der Waals surface area contributed by atoms with Crippen LogP contribution in [0.15, 0.2) is 41.6 Å². The summed E-state index contributed by atoms with van der Waals surface area (Å²) in [5.41, 5.74) is 1.83. The van der Waals surface area contributed by atoms with Crippen LogP contribution in [0.2, 0.25) is 0 Å². The highest BCUT2D eigenvalue weighted by Crippen LogP contribution is 2.11. The van der Waals surface area contributed by atoms with Gasteiger partial charge < -0.3 is 0 Å². The predicted octanol–water partition coefficient (Wildman–Crippen LogP) is 2.08. The summed E-state index contributed by atoms with van der Waals surface area (Å²) in [5.74, 6) is 0. The average molecular weight is 230 g/mol. The van der Waals surface area contributed by atoms with Gasteiger partial charge in [-0.15, -0.1) is 0 Å². The van der Waals surface area contributed by atoms with Crippen molar-refractivity contribution in [3.63, 3.8) is 0 Å². The number of nitrogens with zero attached hydrogens (tertiary/aromatic N) is 2. The van der Waals surface area contributed by atoms with E-state index in [1.807, 2.05) is 30.3 Å². The minimum absolute atomic E-state index is 0.685. The van der Waals surface area contributed by atoms with E-state index >= 15 is 0 Å². The van der Waals surface area contributed by atoms with Crippen LogP contribution in [-0.2, 0) is 6.54 Å². The van der Waals surface area contributed by atoms with Crippen molar-refractivity contribution in [2.75, 3.05) is 0 Å². The monoisotopic (exact) mass is 230 g/mol. The summed E-state index contributed by atoms with van der Waals surface area (Å²) in [7, 11) is 0. The summed E-state index contributed by atoms with van der Waals surface area (Å²) in [6, 6.07) is 11.5. The molecule has 0 atom stereocenters. The number of nitrogens with one attached hydrogen (secondary N) is 2. The summed E-state index contributed by atoms with van der Waals surface area (Å²) >= 11 is 1.50. The van der Waals surface area contributed by atoms with E-state index in [9.17, 15) is 0 Å². The van der Waals surface area contributed by atoms with E-state index < -0.39 is 0 Å². The first kappa shape index (κ1) is 10.7. The third kappa shape index (κ3) is 2.86. The van der Waals surface area contributed by atoms with Gasteiger partial charge in [0, 0.05) is 12.7 Å². The molecule has 4 nitrogen and oxygen atoms in total. The molecule has 1 heterocycles. The van der Waals surface area contributed by atoms with Crippen molar-refractivity contribution in [2.45, 2.75) is 11.6 Å². The number of H-pyrrole nitrogens is 1. The zero-order valence-corrected chi connectivity index (χ0v) is 9.29. The number of rotatable bonds is 4.